The van der Waals surface area contributed by atoms with Crippen LogP contribution in [0.2, 0.25) is 0 Å². The summed E-state index contributed by atoms with van der Waals surface area (Å²) in [6.45, 7) is 19.4. The molecule has 0 fully saturated rings. The molecule has 0 saturated carbocycles. The molecule has 0 bridgehead atoms. The molecule has 0 amide bonds. The fourth-order valence-electron chi connectivity index (χ4n) is 15.1. The van der Waals surface area contributed by atoms with Gasteiger partial charge >= 0.3 is 27.6 Å². The molecule has 624 valence electrons. The first kappa shape index (κ1) is 90.7. The Balaban J connectivity index is 0.000000180. The molecule has 0 aliphatic carbocycles. The number of methoxy groups -OCH3 is 3. The van der Waals surface area contributed by atoms with Crippen molar-refractivity contribution in [3.05, 3.63) is 350 Å². The number of nitrogens with one attached hydrogen (secondary N) is 2. The van der Waals surface area contributed by atoms with Crippen molar-refractivity contribution in [1.29, 1.82) is 0 Å². The van der Waals surface area contributed by atoms with Crippen LogP contribution >= 0.6 is 0 Å². The highest BCUT2D eigenvalue weighted by Gasteiger charge is 2.49. The van der Waals surface area contributed by atoms with Gasteiger partial charge in [-0.2, -0.15) is 21.6 Å². The molecule has 6 atom stereocenters. The molecule has 6 N–H and O–H groups in total. The Labute approximate surface area is 701 Å². The Kier molecular flexibility index (Phi) is 33.4. The number of aromatic hydroxyl groups is 2. The van der Waals surface area contributed by atoms with Crippen molar-refractivity contribution in [1.82, 2.24) is 0 Å². The summed E-state index contributed by atoms with van der Waals surface area (Å²) in [5.41, 5.74) is 22.3. The largest absolute Gasteiger partial charge is 0.534 e. The standard InChI is InChI=1S/C29H28F3NO5S.C28H29NO3.C18H23NO.C17H21NO.C8H11N/c1-4-21-7-5-6-8-26(21)33-19(2)17-23-18-24(38-39(35,36)29(30,31)32)14-15-25(23)28(33)22-12-9-20(10-13-22)11-16-27(34)37-3;1-4-21-7-5-6-8-26(21)29-19(2)17-23-18-24(30)14-15-25(23)28(29)22-12-9-20(10-13-22)11-16-27(31)32-3;1-4-16-9-5-6-11-18(16)19-14(2)12-15-8-7-10-17(13-15)20-3;1-3-15-8-4-5-10-17(15)18-13(2)11-14-7-6-9-16(19)12-14;1-2-7-5-3-4-6-8(7)9/h5-16,18-19,28H,4,17H2,1-3H3;5-16,18-19,28,30H,4,17H2,1-3H3;5-11,13-14,19H,4,12H2,1-3H3;4-10,12-13,18-19H,3,11H2,1-2H3;3-6H,2,9H2,1H3/b2*16-11+;;;. The summed E-state index contributed by atoms with van der Waals surface area (Å²) in [6.07, 6.45) is 14.2. The van der Waals surface area contributed by atoms with Gasteiger partial charge in [-0.1, -0.05) is 211 Å². The van der Waals surface area contributed by atoms with Crippen molar-refractivity contribution in [3.63, 3.8) is 0 Å². The van der Waals surface area contributed by atoms with Crippen LogP contribution in [0.4, 0.5) is 41.6 Å². The highest BCUT2D eigenvalue weighted by molar-refractivity contribution is 7.88. The molecule has 2 aliphatic rings. The topological polar surface area (TPSA) is 202 Å². The van der Waals surface area contributed by atoms with Crippen molar-refractivity contribution in [2.45, 2.75) is 162 Å². The van der Waals surface area contributed by atoms with E-state index in [0.29, 0.717) is 35.6 Å². The lowest BCUT2D eigenvalue weighted by Gasteiger charge is -2.45. The summed E-state index contributed by atoms with van der Waals surface area (Å²) in [5.74, 6) is 0.332. The normalized spacial score (nSPS) is 15.3. The average Bonchev–Trinajstić information content (AvgIpc) is 0.754. The van der Waals surface area contributed by atoms with E-state index in [1.54, 1.807) is 37.5 Å². The van der Waals surface area contributed by atoms with E-state index in [9.17, 15) is 41.4 Å². The number of fused-ring (bicyclic) bond motifs is 2. The number of para-hydroxylation sites is 5. The number of anilines is 5. The third kappa shape index (κ3) is 25.2. The first-order valence-corrected chi connectivity index (χ1v) is 42.0. The second-order valence-electron chi connectivity index (χ2n) is 29.6. The van der Waals surface area contributed by atoms with Gasteiger partial charge in [-0.05, 0) is 260 Å². The Morgan fingerprint density at radius 1 is 0.479 bits per heavy atom. The third-order valence-corrected chi connectivity index (χ3v) is 22.0. The van der Waals surface area contributed by atoms with Gasteiger partial charge in [0.25, 0.3) is 0 Å². The zero-order valence-corrected chi connectivity index (χ0v) is 70.9. The van der Waals surface area contributed by atoms with E-state index in [2.05, 4.69) is 199 Å². The van der Waals surface area contributed by atoms with Gasteiger partial charge in [0.05, 0.1) is 33.4 Å². The molecule has 13 rings (SSSR count). The lowest BCUT2D eigenvalue weighted by molar-refractivity contribution is -0.135. The van der Waals surface area contributed by atoms with E-state index in [1.807, 2.05) is 122 Å². The van der Waals surface area contributed by atoms with Gasteiger partial charge in [-0.3, -0.25) is 0 Å². The van der Waals surface area contributed by atoms with Crippen molar-refractivity contribution in [2.75, 3.05) is 47.5 Å². The molecular weight excluding hydrogens is 1520 g/mol. The number of ether oxygens (including phenoxy) is 3. The van der Waals surface area contributed by atoms with Crippen LogP contribution in [0.15, 0.2) is 267 Å². The van der Waals surface area contributed by atoms with Crippen LogP contribution in [0.25, 0.3) is 12.2 Å². The van der Waals surface area contributed by atoms with Gasteiger partial charge in [0.2, 0.25) is 0 Å². The Morgan fingerprint density at radius 3 is 1.31 bits per heavy atom. The van der Waals surface area contributed by atoms with Gasteiger partial charge in [0, 0.05) is 64.8 Å². The molecule has 0 radical (unpaired) electrons. The molecule has 19 heteroatoms. The summed E-state index contributed by atoms with van der Waals surface area (Å²) in [4.78, 5) is 27.7. The number of hydrogen-bond acceptors (Lipinski definition) is 15. The van der Waals surface area contributed by atoms with Crippen LogP contribution in [0.1, 0.15) is 158 Å². The van der Waals surface area contributed by atoms with Crippen molar-refractivity contribution in [2.24, 2.45) is 0 Å². The fraction of sp³-hybridized carbons (Fsp3) is 0.280. The number of benzene rings is 11. The smallest absolute Gasteiger partial charge is 0.508 e. The van der Waals surface area contributed by atoms with E-state index in [0.717, 1.165) is 102 Å². The van der Waals surface area contributed by atoms with Crippen molar-refractivity contribution in [3.8, 4) is 23.0 Å². The quantitative estimate of drug-likeness (QED) is 0.0126. The molecule has 11 aromatic carbocycles. The maximum absolute atomic E-state index is 12.9. The maximum atomic E-state index is 12.9. The van der Waals surface area contributed by atoms with Gasteiger partial charge in [0.1, 0.15) is 23.0 Å². The van der Waals surface area contributed by atoms with E-state index in [-0.39, 0.29) is 35.9 Å². The predicted molar refractivity (Wildman–Crippen MR) is 478 cm³/mol. The molecule has 0 saturated heterocycles. The highest BCUT2D eigenvalue weighted by Crippen LogP contribution is 2.46. The van der Waals surface area contributed by atoms with Gasteiger partial charge in [-0.15, -0.1) is 0 Å². The Morgan fingerprint density at radius 2 is 0.882 bits per heavy atom. The number of phenolic OH excluding ortho intramolecular Hbond substituents is 2. The SMILES string of the molecule is CCc1ccccc1N.CCc1ccccc1N1C(C)Cc2cc(O)ccc2C1c1ccc(/C=C/C(=O)OC)cc1.CCc1ccccc1N1C(C)Cc2cc(OS(=O)(=O)C(F)(F)F)ccc2C1c1ccc(/C=C/C(=O)OC)cc1.CCc1ccccc1NC(C)Cc1cccc(O)c1.CCc1ccccc1NC(C)Cc1cccc(OC)c1. The molecule has 119 heavy (non-hydrogen) atoms. The highest BCUT2D eigenvalue weighted by atomic mass is 32.2. The summed E-state index contributed by atoms with van der Waals surface area (Å²) in [5, 5.41) is 26.7. The number of aryl methyl sites for hydroxylation is 5. The summed E-state index contributed by atoms with van der Waals surface area (Å²) in [7, 11) is -1.41. The summed E-state index contributed by atoms with van der Waals surface area (Å²) in [6, 6.07) is 83.7. The maximum Gasteiger partial charge on any atom is 0.534 e. The Bertz CT molecular complexity index is 5310. The molecule has 2 aliphatic heterocycles. The number of carbonyl (C=O) groups excluding carboxylic acids is 2. The van der Waals surface area contributed by atoms with Crippen LogP contribution in [-0.4, -0.2) is 81.6 Å². The summed E-state index contributed by atoms with van der Waals surface area (Å²) < 4.78 is 81.0. The molecule has 6 unspecified atom stereocenters. The molecular formula is C100H112F3N5O10S. The number of alkyl halides is 3. The van der Waals surface area contributed by atoms with Gasteiger partial charge in [0.15, 0.2) is 0 Å². The van der Waals surface area contributed by atoms with Crippen LogP contribution in [0.3, 0.4) is 0 Å². The van der Waals surface area contributed by atoms with Crippen LogP contribution in [-0.2, 0) is 87.0 Å². The van der Waals surface area contributed by atoms with Gasteiger partial charge in [-0.25, -0.2) is 9.59 Å². The number of hydrogen-bond donors (Lipinski definition) is 5. The lowest BCUT2D eigenvalue weighted by Crippen LogP contribution is -2.43. The number of nitrogen functional groups attached to an aromatic ring is 1. The minimum atomic E-state index is -5.79. The first-order valence-electron chi connectivity index (χ1n) is 40.5. The molecule has 15 nitrogen and oxygen atoms in total. The van der Waals surface area contributed by atoms with Gasteiger partial charge < -0.3 is 54.8 Å². The van der Waals surface area contributed by atoms with Crippen LogP contribution in [0.5, 0.6) is 23.0 Å². The zero-order chi connectivity index (χ0) is 85.8. The minimum absolute atomic E-state index is 0.0284. The number of halogens is 3. The molecule has 0 spiro atoms. The molecule has 11 aromatic rings. The third-order valence-electron chi connectivity index (χ3n) is 21.1. The first-order chi connectivity index (χ1) is 57.2. The zero-order valence-electron chi connectivity index (χ0n) is 70.1. The van der Waals surface area contributed by atoms with E-state index in [1.165, 1.54) is 100 Å². The number of phenols is 2. The summed E-state index contributed by atoms with van der Waals surface area (Å²) >= 11 is 0. The van der Waals surface area contributed by atoms with E-state index >= 15 is 0 Å². The second-order valence-corrected chi connectivity index (χ2v) is 31.1. The predicted octanol–water partition coefficient (Wildman–Crippen LogP) is 22.0. The van der Waals surface area contributed by atoms with Crippen molar-refractivity contribution >= 4 is 62.6 Å². The number of nitrogens with two attached hydrogens (primary N) is 1. The minimum Gasteiger partial charge on any atom is -0.508 e. The molecule has 0 aromatic heterocycles. The van der Waals surface area contributed by atoms with Crippen molar-refractivity contribution < 1.29 is 59.8 Å². The number of rotatable bonds is 24. The van der Waals surface area contributed by atoms with E-state index < -0.39 is 21.6 Å². The fourth-order valence-corrected chi connectivity index (χ4v) is 15.6. The average molecular weight is 1630 g/mol. The number of carbonyl (C=O) groups is 2. The monoisotopic (exact) mass is 1630 g/mol. The Hall–Kier alpha value is -12.2. The lowest BCUT2D eigenvalue weighted by atomic mass is 9.84. The van der Waals surface area contributed by atoms with Crippen LogP contribution < -0.4 is 35.1 Å². The van der Waals surface area contributed by atoms with Crippen LogP contribution in [0, 0.1) is 0 Å². The second kappa shape index (κ2) is 43.8. The number of nitrogens with zero attached hydrogens (tertiary/aromatic N) is 2. The molecule has 2 heterocycles. The van der Waals surface area contributed by atoms with E-state index in [4.69, 9.17) is 10.5 Å². The number of esters is 2.